The molecule has 1 aromatic rings. The van der Waals surface area contributed by atoms with Crippen molar-refractivity contribution in [3.05, 3.63) is 23.4 Å². The molecule has 20 heavy (non-hydrogen) atoms. The Hall–Kier alpha value is -1.27. The summed E-state index contributed by atoms with van der Waals surface area (Å²) >= 11 is 7.21. The Morgan fingerprint density at radius 2 is 2.15 bits per heavy atom. The van der Waals surface area contributed by atoms with Crippen molar-refractivity contribution in [2.45, 2.75) is 31.2 Å². The molecule has 0 aliphatic rings. The molecule has 0 spiro atoms. The van der Waals surface area contributed by atoms with Gasteiger partial charge in [-0.1, -0.05) is 29.4 Å². The van der Waals surface area contributed by atoms with E-state index in [2.05, 4.69) is 9.97 Å². The second kappa shape index (κ2) is 8.11. The van der Waals surface area contributed by atoms with Gasteiger partial charge in [-0.05, 0) is 20.8 Å². The zero-order valence-corrected chi connectivity index (χ0v) is 13.4. The Morgan fingerprint density at radius 3 is 2.70 bits per heavy atom. The lowest BCUT2D eigenvalue weighted by atomic mass is 10.3. The smallest absolute Gasteiger partial charge is 0.246 e. The molecule has 0 fully saturated rings. The number of nitrogens with zero attached hydrogens (tertiary/aromatic N) is 3. The zero-order valence-electron chi connectivity index (χ0n) is 11.8. The molecular weight excluding hydrogens is 296 g/mol. The third-order valence-electron chi connectivity index (χ3n) is 2.57. The van der Waals surface area contributed by atoms with E-state index in [1.54, 1.807) is 11.0 Å². The van der Waals surface area contributed by atoms with Crippen molar-refractivity contribution in [2.75, 3.05) is 18.8 Å². The summed E-state index contributed by atoms with van der Waals surface area (Å²) in [4.78, 5) is 21.7. The molecule has 1 unspecified atom stereocenters. The van der Waals surface area contributed by atoms with Crippen molar-refractivity contribution in [1.82, 2.24) is 14.9 Å². The maximum absolute atomic E-state index is 11.8. The van der Waals surface area contributed by atoms with Crippen LogP contribution < -0.4 is 5.73 Å². The predicted molar refractivity (Wildman–Crippen MR) is 83.8 cm³/mol. The molecule has 0 bridgehead atoms. The van der Waals surface area contributed by atoms with Crippen molar-refractivity contribution >= 4 is 35.1 Å². The summed E-state index contributed by atoms with van der Waals surface area (Å²) in [6, 6.07) is 1.50. The number of halogens is 1. The van der Waals surface area contributed by atoms with Gasteiger partial charge >= 0.3 is 0 Å². The Labute approximate surface area is 128 Å². The Kier molecular flexibility index (Phi) is 6.81. The van der Waals surface area contributed by atoms with E-state index in [1.165, 1.54) is 17.8 Å². The second-order valence-electron chi connectivity index (χ2n) is 4.09. The molecule has 110 valence electrons. The molecule has 2 N–H and O–H groups in total. The monoisotopic (exact) mass is 314 g/mol. The van der Waals surface area contributed by atoms with Gasteiger partial charge in [-0.25, -0.2) is 9.97 Å². The van der Waals surface area contributed by atoms with E-state index in [9.17, 15) is 4.79 Å². The molecule has 0 radical (unpaired) electrons. The first-order chi connectivity index (χ1) is 9.46. The normalized spacial score (nSPS) is 12.6. The molecule has 0 saturated heterocycles. The van der Waals surface area contributed by atoms with Crippen LogP contribution in [0.4, 0.5) is 5.82 Å². The van der Waals surface area contributed by atoms with Crippen molar-refractivity contribution in [3.63, 3.8) is 0 Å². The summed E-state index contributed by atoms with van der Waals surface area (Å²) in [5.41, 5.74) is 5.61. The summed E-state index contributed by atoms with van der Waals surface area (Å²) in [6.45, 7) is 7.27. The Balaban J connectivity index is 2.63. The number of carbonyl (C=O) groups excluding carboxylic acids is 1. The number of amides is 1. The van der Waals surface area contributed by atoms with E-state index in [0.717, 1.165) is 0 Å². The first-order valence-electron chi connectivity index (χ1n) is 6.40. The standard InChI is InChI=1S/C13H19ClN4OS/c1-4-18(5-2)12(19)7-6-9(3)20-13-16-10(14)8-11(15)17-13/h6-9H,4-5H2,1-3H3,(H2,15,16,17)/b7-6+. The van der Waals surface area contributed by atoms with Crippen LogP contribution in [0.3, 0.4) is 0 Å². The van der Waals surface area contributed by atoms with Gasteiger partial charge in [0.1, 0.15) is 11.0 Å². The molecule has 0 aliphatic heterocycles. The van der Waals surface area contributed by atoms with E-state index < -0.39 is 0 Å². The number of rotatable bonds is 6. The van der Waals surface area contributed by atoms with E-state index in [0.29, 0.717) is 29.2 Å². The molecule has 1 heterocycles. The third-order valence-corrected chi connectivity index (χ3v) is 3.69. The molecule has 1 atom stereocenters. The highest BCUT2D eigenvalue weighted by Crippen LogP contribution is 2.22. The van der Waals surface area contributed by atoms with Crippen LogP contribution in [0.1, 0.15) is 20.8 Å². The van der Waals surface area contributed by atoms with Crippen LogP contribution in [0.5, 0.6) is 0 Å². The first-order valence-corrected chi connectivity index (χ1v) is 7.65. The summed E-state index contributed by atoms with van der Waals surface area (Å²) in [5, 5.41) is 0.866. The minimum absolute atomic E-state index is 0.00831. The van der Waals surface area contributed by atoms with Crippen molar-refractivity contribution in [2.24, 2.45) is 0 Å². The average Bonchev–Trinajstić information content (AvgIpc) is 2.36. The highest BCUT2D eigenvalue weighted by atomic mass is 35.5. The average molecular weight is 315 g/mol. The summed E-state index contributed by atoms with van der Waals surface area (Å²) < 4.78 is 0. The van der Waals surface area contributed by atoms with Crippen molar-refractivity contribution in [3.8, 4) is 0 Å². The van der Waals surface area contributed by atoms with Gasteiger partial charge in [-0.3, -0.25) is 4.79 Å². The van der Waals surface area contributed by atoms with Gasteiger partial charge in [0, 0.05) is 30.5 Å². The lowest BCUT2D eigenvalue weighted by Gasteiger charge is -2.16. The number of aromatic nitrogens is 2. The number of carbonyl (C=O) groups is 1. The van der Waals surface area contributed by atoms with Crippen molar-refractivity contribution in [1.29, 1.82) is 0 Å². The predicted octanol–water partition coefficient (Wildman–Crippen LogP) is 2.62. The molecule has 1 rings (SSSR count). The number of nitrogens with two attached hydrogens (primary N) is 1. The molecule has 0 aliphatic carbocycles. The molecule has 0 aromatic carbocycles. The van der Waals surface area contributed by atoms with E-state index in [-0.39, 0.29) is 11.2 Å². The molecule has 0 saturated carbocycles. The summed E-state index contributed by atoms with van der Waals surface area (Å²) in [6.07, 6.45) is 3.41. The molecule has 1 aromatic heterocycles. The largest absolute Gasteiger partial charge is 0.384 e. The zero-order chi connectivity index (χ0) is 15.1. The van der Waals surface area contributed by atoms with Gasteiger partial charge in [0.05, 0.1) is 0 Å². The second-order valence-corrected chi connectivity index (χ2v) is 5.82. The maximum atomic E-state index is 11.8. The van der Waals surface area contributed by atoms with Gasteiger partial charge in [-0.2, -0.15) is 0 Å². The number of hydrogen-bond donors (Lipinski definition) is 1. The summed E-state index contributed by atoms with van der Waals surface area (Å²) in [7, 11) is 0. The Morgan fingerprint density at radius 1 is 1.50 bits per heavy atom. The molecule has 5 nitrogen and oxygen atoms in total. The molecule has 7 heteroatoms. The molecular formula is C13H19ClN4OS. The SMILES string of the molecule is CCN(CC)C(=O)/C=C/C(C)Sc1nc(N)cc(Cl)n1. The fourth-order valence-electron chi connectivity index (χ4n) is 1.53. The minimum atomic E-state index is 0.00831. The number of thioether (sulfide) groups is 1. The van der Waals surface area contributed by atoms with Crippen LogP contribution in [0.15, 0.2) is 23.4 Å². The van der Waals surface area contributed by atoms with E-state index in [1.807, 2.05) is 26.8 Å². The van der Waals surface area contributed by atoms with Crippen LogP contribution in [0, 0.1) is 0 Å². The number of hydrogen-bond acceptors (Lipinski definition) is 5. The number of anilines is 1. The van der Waals surface area contributed by atoms with Crippen LogP contribution >= 0.6 is 23.4 Å². The van der Waals surface area contributed by atoms with Gasteiger partial charge in [0.2, 0.25) is 5.91 Å². The van der Waals surface area contributed by atoms with Crippen LogP contribution in [0.2, 0.25) is 5.15 Å². The van der Waals surface area contributed by atoms with Gasteiger partial charge in [0.15, 0.2) is 5.16 Å². The topological polar surface area (TPSA) is 72.1 Å². The van der Waals surface area contributed by atoms with Crippen molar-refractivity contribution < 1.29 is 4.79 Å². The number of nitrogen functional groups attached to an aromatic ring is 1. The highest BCUT2D eigenvalue weighted by Gasteiger charge is 2.08. The lowest BCUT2D eigenvalue weighted by molar-refractivity contribution is -0.125. The van der Waals surface area contributed by atoms with E-state index in [4.69, 9.17) is 17.3 Å². The first kappa shape index (κ1) is 16.8. The lowest BCUT2D eigenvalue weighted by Crippen LogP contribution is -2.28. The summed E-state index contributed by atoms with van der Waals surface area (Å²) in [5.74, 6) is 0.344. The van der Waals surface area contributed by atoms with Gasteiger partial charge in [-0.15, -0.1) is 0 Å². The van der Waals surface area contributed by atoms with Gasteiger partial charge in [0.25, 0.3) is 0 Å². The van der Waals surface area contributed by atoms with Crippen LogP contribution in [-0.2, 0) is 4.79 Å². The van der Waals surface area contributed by atoms with Gasteiger partial charge < -0.3 is 10.6 Å². The Bertz CT molecular complexity index is 471. The van der Waals surface area contributed by atoms with E-state index >= 15 is 0 Å². The minimum Gasteiger partial charge on any atom is -0.384 e. The van der Waals surface area contributed by atoms with Crippen LogP contribution in [0.25, 0.3) is 0 Å². The fraction of sp³-hybridized carbons (Fsp3) is 0.462. The van der Waals surface area contributed by atoms with Crippen LogP contribution in [-0.4, -0.2) is 39.1 Å². The fourth-order valence-corrected chi connectivity index (χ4v) is 2.57. The maximum Gasteiger partial charge on any atom is 0.246 e. The highest BCUT2D eigenvalue weighted by molar-refractivity contribution is 7.99. The molecule has 1 amide bonds. The third kappa shape index (κ3) is 5.38. The quantitative estimate of drug-likeness (QED) is 0.378. The number of likely N-dealkylation sites (N-methyl/N-ethyl adjacent to an activating group) is 1.